The molecule has 3 rings (SSSR count). The lowest BCUT2D eigenvalue weighted by molar-refractivity contribution is -0.00299. The first kappa shape index (κ1) is 20.6. The van der Waals surface area contributed by atoms with E-state index in [1.807, 2.05) is 12.1 Å². The number of hydrogen-bond acceptors (Lipinski definition) is 4. The Balaban J connectivity index is 1.80. The molecule has 0 aliphatic heterocycles. The van der Waals surface area contributed by atoms with Crippen molar-refractivity contribution >= 4 is 47.7 Å². The maximum atomic E-state index is 13.4. The predicted octanol–water partition coefficient (Wildman–Crippen LogP) is 4.54. The average Bonchev–Trinajstić information content (AvgIpc) is 3.35. The van der Waals surface area contributed by atoms with E-state index in [2.05, 4.69) is 46.9 Å². The first-order valence-corrected chi connectivity index (χ1v) is 11.2. The van der Waals surface area contributed by atoms with Crippen LogP contribution in [0.15, 0.2) is 50.4 Å². The fourth-order valence-electron chi connectivity index (χ4n) is 2.72. The van der Waals surface area contributed by atoms with E-state index in [1.54, 1.807) is 12.1 Å². The molecule has 0 spiro atoms. The molecule has 2 atom stereocenters. The van der Waals surface area contributed by atoms with Crippen LogP contribution in [0.3, 0.4) is 0 Å². The quantitative estimate of drug-likeness (QED) is 0.557. The molecular weight excluding hydrogens is 508 g/mol. The summed E-state index contributed by atoms with van der Waals surface area (Å²) < 4.78 is 56.2. The van der Waals surface area contributed by atoms with Gasteiger partial charge in [-0.05, 0) is 47.0 Å². The number of halogens is 4. The summed E-state index contributed by atoms with van der Waals surface area (Å²) in [6.07, 6.45) is 1.70. The molecule has 1 saturated carbocycles. The van der Waals surface area contributed by atoms with E-state index in [-0.39, 0.29) is 23.7 Å². The molecule has 10 heteroatoms. The van der Waals surface area contributed by atoms with Gasteiger partial charge in [-0.15, -0.1) is 0 Å². The summed E-state index contributed by atoms with van der Waals surface area (Å²) >= 11 is 6.59. The third-order valence-electron chi connectivity index (χ3n) is 4.28. The fourth-order valence-corrected chi connectivity index (χ4v) is 4.77. The Morgan fingerprint density at radius 2 is 2.00 bits per heavy atom. The van der Waals surface area contributed by atoms with Crippen molar-refractivity contribution in [1.29, 1.82) is 0 Å². The summed E-state index contributed by atoms with van der Waals surface area (Å²) in [5, 5.41) is 2.84. The van der Waals surface area contributed by atoms with Gasteiger partial charge >= 0.3 is 0 Å². The van der Waals surface area contributed by atoms with Gasteiger partial charge in [0.05, 0.1) is 0 Å². The van der Waals surface area contributed by atoms with Gasteiger partial charge in [-0.3, -0.25) is 0 Å². The van der Waals surface area contributed by atoms with Crippen molar-refractivity contribution in [3.05, 3.63) is 51.0 Å². The van der Waals surface area contributed by atoms with Gasteiger partial charge in [-0.25, -0.2) is 26.9 Å². The number of aromatic nitrogens is 1. The Labute approximate surface area is 173 Å². The molecular formula is C17H17Br2F2N3O2S. The van der Waals surface area contributed by atoms with Crippen LogP contribution in [0.2, 0.25) is 0 Å². The van der Waals surface area contributed by atoms with Crippen LogP contribution in [-0.4, -0.2) is 25.4 Å². The van der Waals surface area contributed by atoms with E-state index < -0.39 is 27.9 Å². The van der Waals surface area contributed by atoms with Crippen molar-refractivity contribution < 1.29 is 17.2 Å². The minimum atomic E-state index is -3.91. The molecule has 1 fully saturated rings. The molecule has 1 heterocycles. The van der Waals surface area contributed by atoms with Crippen LogP contribution in [0.5, 0.6) is 0 Å². The second-order valence-electron chi connectivity index (χ2n) is 6.47. The third-order valence-corrected chi connectivity index (χ3v) is 6.90. The SMILES string of the molecule is CC(F)(F)[C@@H]1C[C@H]1Nc1ncc(Br)cc1S(=O)(=O)NCc1ccccc1Br. The lowest BCUT2D eigenvalue weighted by atomic mass is 10.2. The summed E-state index contributed by atoms with van der Waals surface area (Å²) in [4.78, 5) is 3.99. The Kier molecular flexibility index (Phi) is 5.90. The predicted molar refractivity (Wildman–Crippen MR) is 106 cm³/mol. The smallest absolute Gasteiger partial charge is 0.250 e. The van der Waals surface area contributed by atoms with E-state index in [1.165, 1.54) is 12.3 Å². The van der Waals surface area contributed by atoms with Gasteiger partial charge in [0.1, 0.15) is 10.7 Å². The van der Waals surface area contributed by atoms with E-state index in [0.29, 0.717) is 4.47 Å². The number of sulfonamides is 1. The summed E-state index contributed by atoms with van der Waals surface area (Å²) in [5.41, 5.74) is 0.770. The van der Waals surface area contributed by atoms with E-state index in [9.17, 15) is 17.2 Å². The fraction of sp³-hybridized carbons (Fsp3) is 0.353. The van der Waals surface area contributed by atoms with Gasteiger partial charge in [0.2, 0.25) is 15.9 Å². The van der Waals surface area contributed by atoms with Gasteiger partial charge in [0, 0.05) is 33.6 Å². The molecule has 0 amide bonds. The number of hydrogen-bond donors (Lipinski definition) is 2. The van der Waals surface area contributed by atoms with Gasteiger partial charge in [0.25, 0.3) is 0 Å². The van der Waals surface area contributed by atoms with Crippen LogP contribution >= 0.6 is 31.9 Å². The van der Waals surface area contributed by atoms with Crippen molar-refractivity contribution in [2.75, 3.05) is 5.32 Å². The molecule has 2 aromatic rings. The number of anilines is 1. The highest BCUT2D eigenvalue weighted by atomic mass is 79.9. The van der Waals surface area contributed by atoms with Gasteiger partial charge in [-0.1, -0.05) is 34.1 Å². The van der Waals surface area contributed by atoms with Gasteiger partial charge in [0.15, 0.2) is 0 Å². The number of alkyl halides is 2. The van der Waals surface area contributed by atoms with Gasteiger partial charge < -0.3 is 5.32 Å². The number of nitrogens with one attached hydrogen (secondary N) is 2. The van der Waals surface area contributed by atoms with E-state index >= 15 is 0 Å². The zero-order valence-corrected chi connectivity index (χ0v) is 18.2. The van der Waals surface area contributed by atoms with Crippen LogP contribution < -0.4 is 10.0 Å². The second kappa shape index (κ2) is 7.73. The van der Waals surface area contributed by atoms with Crippen molar-refractivity contribution in [3.8, 4) is 0 Å². The monoisotopic (exact) mass is 523 g/mol. The zero-order chi connectivity index (χ0) is 19.8. The van der Waals surface area contributed by atoms with Crippen LogP contribution in [0.1, 0.15) is 18.9 Å². The molecule has 1 aliphatic carbocycles. The first-order valence-electron chi connectivity index (χ1n) is 8.11. The molecule has 0 saturated heterocycles. The lowest BCUT2D eigenvalue weighted by Gasteiger charge is -2.14. The standard InChI is InChI=1S/C17H17Br2F2N3O2S/c1-17(20,21)12-7-14(12)24-16-15(6-11(18)9-22-16)27(25,26)23-8-10-4-2-3-5-13(10)19/h2-6,9,12,14,23H,7-8H2,1H3,(H,22,24)/t12-,14-/m1/s1. The van der Waals surface area contributed by atoms with Crippen molar-refractivity contribution in [2.24, 2.45) is 5.92 Å². The summed E-state index contributed by atoms with van der Waals surface area (Å²) in [7, 11) is -3.91. The summed E-state index contributed by atoms with van der Waals surface area (Å²) in [6.45, 7) is 0.945. The Morgan fingerprint density at radius 3 is 2.63 bits per heavy atom. The number of rotatable bonds is 7. The molecule has 5 nitrogen and oxygen atoms in total. The Morgan fingerprint density at radius 1 is 1.30 bits per heavy atom. The molecule has 146 valence electrons. The number of nitrogens with zero attached hydrogens (tertiary/aromatic N) is 1. The number of pyridine rings is 1. The molecule has 0 unspecified atom stereocenters. The third kappa shape index (κ3) is 5.04. The zero-order valence-electron chi connectivity index (χ0n) is 14.2. The maximum absolute atomic E-state index is 13.4. The van der Waals surface area contributed by atoms with Crippen molar-refractivity contribution in [2.45, 2.75) is 36.7 Å². The van der Waals surface area contributed by atoms with Crippen molar-refractivity contribution in [3.63, 3.8) is 0 Å². The minimum Gasteiger partial charge on any atom is -0.366 e. The van der Waals surface area contributed by atoms with Crippen LogP contribution in [0.25, 0.3) is 0 Å². The maximum Gasteiger partial charge on any atom is 0.250 e. The summed E-state index contributed by atoms with van der Waals surface area (Å²) in [5.74, 6) is -3.58. The van der Waals surface area contributed by atoms with Gasteiger partial charge in [-0.2, -0.15) is 0 Å². The van der Waals surface area contributed by atoms with Crippen LogP contribution in [0.4, 0.5) is 14.6 Å². The van der Waals surface area contributed by atoms with Crippen molar-refractivity contribution in [1.82, 2.24) is 9.71 Å². The van der Waals surface area contributed by atoms with Crippen LogP contribution in [0, 0.1) is 5.92 Å². The second-order valence-corrected chi connectivity index (χ2v) is 9.97. The average molecular weight is 525 g/mol. The topological polar surface area (TPSA) is 71.1 Å². The Hall–Kier alpha value is -1.10. The van der Waals surface area contributed by atoms with Crippen LogP contribution in [-0.2, 0) is 16.6 Å². The minimum absolute atomic E-state index is 0.0644. The molecule has 1 aromatic carbocycles. The highest BCUT2D eigenvalue weighted by Crippen LogP contribution is 2.45. The molecule has 27 heavy (non-hydrogen) atoms. The highest BCUT2D eigenvalue weighted by molar-refractivity contribution is 9.10. The molecule has 0 radical (unpaired) electrons. The summed E-state index contributed by atoms with van der Waals surface area (Å²) in [6, 6.07) is 8.14. The molecule has 1 aromatic heterocycles. The molecule has 2 N–H and O–H groups in total. The van der Waals surface area contributed by atoms with E-state index in [4.69, 9.17) is 0 Å². The first-order chi connectivity index (χ1) is 12.6. The Bertz CT molecular complexity index is 951. The lowest BCUT2D eigenvalue weighted by Crippen LogP contribution is -2.26. The highest BCUT2D eigenvalue weighted by Gasteiger charge is 2.52. The van der Waals surface area contributed by atoms with E-state index in [0.717, 1.165) is 17.0 Å². The molecule has 1 aliphatic rings. The largest absolute Gasteiger partial charge is 0.366 e. The molecule has 0 bridgehead atoms. The normalized spacial score (nSPS) is 19.7. The number of benzene rings is 1.